The number of anilines is 2. The standard InChI is InChI=1S/C67H67N4.Pt/c1-44(2)57-27-21-28-58(45(3)4)64(57)48-30-33-55(34-31-48)69-43-70(47(6)46(69)5)56-39-53(66(10,11)12)38-54(40-56)67(49-22-15-13-16-23-49,50-24-17-14-18-25-50)52-32-35-60-59-26-19-20-29-61(59)71(62(60)41-52)63-42-51(36-37-68-63)65(7,8)9;/h13-39,42-45H,1-12H3;/q-3;. The van der Waals surface area contributed by atoms with Gasteiger partial charge in [-0.15, -0.1) is 34.9 Å². The Balaban J connectivity index is 0.00000640. The van der Waals surface area contributed by atoms with Gasteiger partial charge in [0.05, 0.1) is 0 Å². The Morgan fingerprint density at radius 3 is 1.69 bits per heavy atom. The van der Waals surface area contributed by atoms with Gasteiger partial charge < -0.3 is 14.4 Å². The summed E-state index contributed by atoms with van der Waals surface area (Å²) in [6.07, 6.45) is 1.95. The first kappa shape index (κ1) is 50.5. The molecule has 4 nitrogen and oxygen atoms in total. The largest absolute Gasteiger partial charge is 0.497 e. The third-order valence-electron chi connectivity index (χ3n) is 14.9. The summed E-state index contributed by atoms with van der Waals surface area (Å²) in [5.74, 6) is 1.72. The van der Waals surface area contributed by atoms with Crippen molar-refractivity contribution in [3.8, 4) is 16.9 Å². The minimum Gasteiger partial charge on any atom is -0.497 e. The zero-order valence-electron chi connectivity index (χ0n) is 44.0. The van der Waals surface area contributed by atoms with Gasteiger partial charge in [-0.2, -0.15) is 35.9 Å². The van der Waals surface area contributed by atoms with Gasteiger partial charge in [-0.1, -0.05) is 184 Å². The summed E-state index contributed by atoms with van der Waals surface area (Å²) >= 11 is 0. The molecule has 0 spiro atoms. The van der Waals surface area contributed by atoms with Crippen LogP contribution in [0.3, 0.4) is 0 Å². The first-order valence-electron chi connectivity index (χ1n) is 25.4. The molecular weight excluding hydrogens is 1060 g/mol. The number of hydrogen-bond donors (Lipinski definition) is 0. The summed E-state index contributed by atoms with van der Waals surface area (Å²) in [7, 11) is 0. The van der Waals surface area contributed by atoms with Crippen molar-refractivity contribution in [1.29, 1.82) is 0 Å². The van der Waals surface area contributed by atoms with Crippen LogP contribution in [0.4, 0.5) is 11.4 Å². The number of allylic oxidation sites excluding steroid dienone is 2. The molecule has 0 atom stereocenters. The van der Waals surface area contributed by atoms with Crippen LogP contribution in [-0.4, -0.2) is 9.55 Å². The SMILES string of the molecule is CC1=C(C)N(c2ccc(-c3c(C(C)C)cccc3C(C)C)cc2)[CH-]N1c1[c-]c(C(c2[c-]c3c(cc2)c2ccccc2n3-c2cc(C(C)(C)C)ccn2)(c2ccccc2)c2ccccc2)cc(C(C)(C)C)c1.[Pt]. The van der Waals surface area contributed by atoms with Crippen molar-refractivity contribution in [3.05, 3.63) is 245 Å². The predicted molar refractivity (Wildman–Crippen MR) is 300 cm³/mol. The first-order chi connectivity index (χ1) is 34.0. The average Bonchev–Trinajstić information content (AvgIpc) is 3.86. The van der Waals surface area contributed by atoms with Crippen molar-refractivity contribution in [2.24, 2.45) is 0 Å². The molecule has 7 aromatic carbocycles. The summed E-state index contributed by atoms with van der Waals surface area (Å²) < 4.78 is 2.31. The van der Waals surface area contributed by atoms with Gasteiger partial charge in [-0.05, 0) is 111 Å². The summed E-state index contributed by atoms with van der Waals surface area (Å²) in [5, 5.41) is 2.31. The van der Waals surface area contributed by atoms with Crippen LogP contribution in [0.1, 0.15) is 139 Å². The first-order valence-corrected chi connectivity index (χ1v) is 25.4. The molecule has 9 aromatic rings. The van der Waals surface area contributed by atoms with Crippen LogP contribution in [0.2, 0.25) is 0 Å². The third-order valence-corrected chi connectivity index (χ3v) is 14.9. The van der Waals surface area contributed by atoms with E-state index >= 15 is 0 Å². The van der Waals surface area contributed by atoms with E-state index in [2.05, 4.69) is 280 Å². The van der Waals surface area contributed by atoms with E-state index in [1.807, 2.05) is 6.20 Å². The number of hydrogen-bond acceptors (Lipinski definition) is 3. The van der Waals surface area contributed by atoms with E-state index in [1.165, 1.54) is 44.5 Å². The number of pyridine rings is 1. The molecule has 1 aliphatic rings. The van der Waals surface area contributed by atoms with Crippen LogP contribution in [-0.2, 0) is 37.3 Å². The molecule has 0 bridgehead atoms. The zero-order chi connectivity index (χ0) is 50.0. The quantitative estimate of drug-likeness (QED) is 0.101. The molecule has 1 aliphatic heterocycles. The summed E-state index contributed by atoms with van der Waals surface area (Å²) in [5.41, 5.74) is 17.7. The average molecular weight is 1120 g/mol. The van der Waals surface area contributed by atoms with Crippen molar-refractivity contribution >= 4 is 33.2 Å². The van der Waals surface area contributed by atoms with Crippen molar-refractivity contribution in [2.75, 3.05) is 9.80 Å². The molecule has 0 radical (unpaired) electrons. The maximum atomic E-state index is 5.05. The van der Waals surface area contributed by atoms with Crippen molar-refractivity contribution in [3.63, 3.8) is 0 Å². The minimum atomic E-state index is -0.836. The van der Waals surface area contributed by atoms with E-state index in [-0.39, 0.29) is 31.9 Å². The van der Waals surface area contributed by atoms with E-state index in [1.54, 1.807) is 0 Å². The maximum absolute atomic E-state index is 5.05. The van der Waals surface area contributed by atoms with Gasteiger partial charge in [0.15, 0.2) is 0 Å². The molecule has 0 amide bonds. The Kier molecular flexibility index (Phi) is 13.7. The van der Waals surface area contributed by atoms with Crippen LogP contribution in [0.5, 0.6) is 0 Å². The maximum Gasteiger partial charge on any atom is 0.135 e. The Hall–Kier alpha value is -6.48. The molecule has 0 unspecified atom stereocenters. The fraction of sp³-hybridized carbons (Fsp3) is 0.254. The monoisotopic (exact) mass is 1120 g/mol. The molecule has 3 heterocycles. The number of nitrogens with zero attached hydrogens (tertiary/aromatic N) is 4. The second-order valence-corrected chi connectivity index (χ2v) is 22.2. The fourth-order valence-electron chi connectivity index (χ4n) is 10.8. The number of para-hydroxylation sites is 1. The topological polar surface area (TPSA) is 24.3 Å². The fourth-order valence-corrected chi connectivity index (χ4v) is 10.8. The van der Waals surface area contributed by atoms with Gasteiger partial charge in [-0.3, -0.25) is 0 Å². The molecule has 0 saturated carbocycles. The number of fused-ring (bicyclic) bond motifs is 3. The Morgan fingerprint density at radius 1 is 0.514 bits per heavy atom. The van der Waals surface area contributed by atoms with E-state index in [9.17, 15) is 0 Å². The minimum absolute atomic E-state index is 0. The summed E-state index contributed by atoms with van der Waals surface area (Å²) in [4.78, 5) is 9.73. The van der Waals surface area contributed by atoms with Crippen molar-refractivity contribution in [2.45, 2.75) is 111 Å². The second kappa shape index (κ2) is 19.5. The Bertz CT molecular complexity index is 3370. The third kappa shape index (κ3) is 8.85. The van der Waals surface area contributed by atoms with E-state index in [0.29, 0.717) is 11.8 Å². The van der Waals surface area contributed by atoms with Gasteiger partial charge in [-0.25, -0.2) is 4.98 Å². The Morgan fingerprint density at radius 2 is 1.10 bits per heavy atom. The molecular formula is C67H67N4Pt-3. The number of rotatable bonds is 10. The van der Waals surface area contributed by atoms with Gasteiger partial charge in [0.2, 0.25) is 0 Å². The normalized spacial score (nSPS) is 13.5. The van der Waals surface area contributed by atoms with Gasteiger partial charge in [0.1, 0.15) is 5.82 Å². The molecule has 2 aromatic heterocycles. The summed E-state index contributed by atoms with van der Waals surface area (Å²) in [6, 6.07) is 68.7. The second-order valence-electron chi connectivity index (χ2n) is 22.2. The molecule has 0 fully saturated rings. The van der Waals surface area contributed by atoms with Gasteiger partial charge in [0, 0.05) is 55.3 Å². The zero-order valence-corrected chi connectivity index (χ0v) is 46.3. The van der Waals surface area contributed by atoms with Crippen LogP contribution in [0.25, 0.3) is 38.8 Å². The number of benzene rings is 7. The van der Waals surface area contributed by atoms with Crippen LogP contribution in [0, 0.1) is 18.8 Å². The smallest absolute Gasteiger partial charge is 0.135 e. The van der Waals surface area contributed by atoms with Gasteiger partial charge in [0.25, 0.3) is 0 Å². The van der Waals surface area contributed by atoms with Crippen LogP contribution >= 0.6 is 0 Å². The molecule has 0 aliphatic carbocycles. The molecule has 0 saturated heterocycles. The van der Waals surface area contributed by atoms with Crippen molar-refractivity contribution in [1.82, 2.24) is 9.55 Å². The molecule has 10 rings (SSSR count). The van der Waals surface area contributed by atoms with E-state index in [0.717, 1.165) is 61.6 Å². The van der Waals surface area contributed by atoms with Crippen LogP contribution < -0.4 is 9.80 Å². The molecule has 5 heteroatoms. The van der Waals surface area contributed by atoms with Crippen LogP contribution in [0.15, 0.2) is 181 Å². The Labute approximate surface area is 443 Å². The number of aromatic nitrogens is 2. The predicted octanol–water partition coefficient (Wildman–Crippen LogP) is 17.4. The van der Waals surface area contributed by atoms with Crippen molar-refractivity contribution < 1.29 is 21.1 Å². The van der Waals surface area contributed by atoms with E-state index in [4.69, 9.17) is 4.98 Å². The summed E-state index contributed by atoms with van der Waals surface area (Å²) in [6.45, 7) is 29.6. The van der Waals surface area contributed by atoms with E-state index < -0.39 is 5.41 Å². The molecule has 72 heavy (non-hydrogen) atoms. The molecule has 368 valence electrons. The van der Waals surface area contributed by atoms with Gasteiger partial charge >= 0.3 is 0 Å². The molecule has 0 N–H and O–H groups in total.